The fraction of sp³-hybridized carbons (Fsp3) is 0.176. The van der Waals surface area contributed by atoms with Crippen LogP contribution in [0.15, 0.2) is 57.9 Å². The zero-order valence-corrected chi connectivity index (χ0v) is 16.4. The van der Waals surface area contributed by atoms with Gasteiger partial charge in [-0.25, -0.2) is 13.2 Å². The van der Waals surface area contributed by atoms with Crippen LogP contribution < -0.4 is 4.31 Å². The van der Waals surface area contributed by atoms with Crippen molar-refractivity contribution in [1.82, 2.24) is 0 Å². The van der Waals surface area contributed by atoms with E-state index in [1.807, 2.05) is 0 Å². The molecule has 26 heavy (non-hydrogen) atoms. The first-order valence-electron chi connectivity index (χ1n) is 7.33. The second kappa shape index (κ2) is 8.33. The number of methoxy groups -OCH3 is 2. The molecule has 0 aromatic heterocycles. The summed E-state index contributed by atoms with van der Waals surface area (Å²) >= 11 is 3.25. The second-order valence-electron chi connectivity index (χ2n) is 5.08. The summed E-state index contributed by atoms with van der Waals surface area (Å²) in [4.78, 5) is 23.3. The van der Waals surface area contributed by atoms with Crippen LogP contribution >= 0.6 is 15.9 Å². The normalized spacial score (nSPS) is 10.9. The summed E-state index contributed by atoms with van der Waals surface area (Å²) in [6.45, 7) is -0.507. The fourth-order valence-electron chi connectivity index (χ4n) is 2.11. The van der Waals surface area contributed by atoms with Crippen molar-refractivity contribution in [2.24, 2.45) is 0 Å². The van der Waals surface area contributed by atoms with Crippen molar-refractivity contribution in [2.45, 2.75) is 4.90 Å². The van der Waals surface area contributed by atoms with Gasteiger partial charge in [-0.15, -0.1) is 0 Å². The molecule has 0 fully saturated rings. The van der Waals surface area contributed by atoms with E-state index in [1.165, 1.54) is 50.6 Å². The van der Waals surface area contributed by atoms with Crippen LogP contribution in [-0.4, -0.2) is 41.1 Å². The molecular weight excluding hydrogens is 426 g/mol. The van der Waals surface area contributed by atoms with Gasteiger partial charge in [-0.05, 0) is 48.5 Å². The summed E-state index contributed by atoms with van der Waals surface area (Å²) < 4.78 is 36.8. The van der Waals surface area contributed by atoms with Crippen molar-refractivity contribution < 1.29 is 27.5 Å². The van der Waals surface area contributed by atoms with E-state index < -0.39 is 28.5 Å². The van der Waals surface area contributed by atoms with Gasteiger partial charge in [0.15, 0.2) is 0 Å². The van der Waals surface area contributed by atoms with Crippen LogP contribution in [0.5, 0.6) is 0 Å². The molecule has 0 radical (unpaired) electrons. The zero-order chi connectivity index (χ0) is 19.3. The van der Waals surface area contributed by atoms with Crippen LogP contribution in [0.3, 0.4) is 0 Å². The predicted octanol–water partition coefficient (Wildman–Crippen LogP) is 2.60. The number of hydrogen-bond donors (Lipinski definition) is 0. The number of esters is 2. The van der Waals surface area contributed by atoms with Gasteiger partial charge in [0, 0.05) is 4.47 Å². The summed E-state index contributed by atoms with van der Waals surface area (Å²) in [5, 5.41) is 0. The summed E-state index contributed by atoms with van der Waals surface area (Å²) in [5.74, 6) is -1.27. The third kappa shape index (κ3) is 4.41. The van der Waals surface area contributed by atoms with Gasteiger partial charge in [-0.2, -0.15) is 0 Å². The highest BCUT2D eigenvalue weighted by Gasteiger charge is 2.27. The van der Waals surface area contributed by atoms with Crippen molar-refractivity contribution in [2.75, 3.05) is 25.1 Å². The molecule has 0 aliphatic heterocycles. The van der Waals surface area contributed by atoms with Crippen LogP contribution in [-0.2, 0) is 24.3 Å². The Morgan fingerprint density at radius 1 is 0.962 bits per heavy atom. The molecule has 0 aliphatic rings. The lowest BCUT2D eigenvalue weighted by molar-refractivity contribution is -0.138. The molecule has 0 spiro atoms. The van der Waals surface area contributed by atoms with Gasteiger partial charge < -0.3 is 9.47 Å². The second-order valence-corrected chi connectivity index (χ2v) is 7.86. The third-order valence-electron chi connectivity index (χ3n) is 3.48. The molecule has 0 saturated heterocycles. The van der Waals surface area contributed by atoms with E-state index >= 15 is 0 Å². The highest BCUT2D eigenvalue weighted by atomic mass is 79.9. The maximum Gasteiger partial charge on any atom is 0.337 e. The number of anilines is 1. The van der Waals surface area contributed by atoms with Crippen molar-refractivity contribution in [3.8, 4) is 0 Å². The summed E-state index contributed by atoms with van der Waals surface area (Å²) in [6, 6.07) is 11.7. The average Bonchev–Trinajstić information content (AvgIpc) is 2.65. The number of hydrogen-bond acceptors (Lipinski definition) is 6. The number of benzene rings is 2. The standard InChI is InChI=1S/C17H16BrNO6S/c1-24-16(20)11-19(14-7-3-12(4-8-14)17(21)25-2)26(22,23)15-9-5-13(18)6-10-15/h3-10H,11H2,1-2H3. The molecule has 2 aromatic rings. The van der Waals surface area contributed by atoms with Crippen LogP contribution in [0.2, 0.25) is 0 Å². The number of halogens is 1. The minimum absolute atomic E-state index is 0.0154. The topological polar surface area (TPSA) is 90.0 Å². The van der Waals surface area contributed by atoms with Gasteiger partial charge in [0.05, 0.1) is 30.4 Å². The molecular formula is C17H16BrNO6S. The number of ether oxygens (including phenoxy) is 2. The minimum atomic E-state index is -4.02. The smallest absolute Gasteiger partial charge is 0.337 e. The van der Waals surface area contributed by atoms with E-state index in [0.29, 0.717) is 0 Å². The van der Waals surface area contributed by atoms with Gasteiger partial charge in [-0.1, -0.05) is 15.9 Å². The largest absolute Gasteiger partial charge is 0.468 e. The maximum absolute atomic E-state index is 13.0. The molecule has 7 nitrogen and oxygen atoms in total. The first-order valence-corrected chi connectivity index (χ1v) is 9.56. The molecule has 0 N–H and O–H groups in total. The maximum atomic E-state index is 13.0. The fourth-order valence-corrected chi connectivity index (χ4v) is 3.79. The van der Waals surface area contributed by atoms with E-state index in [1.54, 1.807) is 12.1 Å². The SMILES string of the molecule is COC(=O)CN(c1ccc(C(=O)OC)cc1)S(=O)(=O)c1ccc(Br)cc1. The van der Waals surface area contributed by atoms with E-state index in [-0.39, 0.29) is 16.1 Å². The van der Waals surface area contributed by atoms with E-state index in [9.17, 15) is 18.0 Å². The number of carbonyl (C=O) groups excluding carboxylic acids is 2. The molecule has 0 amide bonds. The molecule has 0 atom stereocenters. The monoisotopic (exact) mass is 441 g/mol. The first kappa shape index (κ1) is 19.9. The summed E-state index contributed by atoms with van der Waals surface area (Å²) in [7, 11) is -1.60. The van der Waals surface area contributed by atoms with Gasteiger partial charge in [0.25, 0.3) is 10.0 Å². The Morgan fingerprint density at radius 2 is 1.54 bits per heavy atom. The van der Waals surface area contributed by atoms with Crippen LogP contribution in [0.4, 0.5) is 5.69 Å². The van der Waals surface area contributed by atoms with E-state index in [0.717, 1.165) is 8.78 Å². The van der Waals surface area contributed by atoms with Crippen molar-refractivity contribution in [3.63, 3.8) is 0 Å². The van der Waals surface area contributed by atoms with Crippen LogP contribution in [0.1, 0.15) is 10.4 Å². The molecule has 138 valence electrons. The highest BCUT2D eigenvalue weighted by molar-refractivity contribution is 9.10. The summed E-state index contributed by atoms with van der Waals surface area (Å²) in [5.41, 5.74) is 0.473. The lowest BCUT2D eigenvalue weighted by atomic mass is 10.2. The Hall–Kier alpha value is -2.39. The molecule has 0 heterocycles. The van der Waals surface area contributed by atoms with E-state index in [2.05, 4.69) is 25.4 Å². The lowest BCUT2D eigenvalue weighted by Gasteiger charge is -2.23. The van der Waals surface area contributed by atoms with Crippen LogP contribution in [0, 0.1) is 0 Å². The zero-order valence-electron chi connectivity index (χ0n) is 14.0. The Kier molecular flexibility index (Phi) is 6.38. The molecule has 0 unspecified atom stereocenters. The highest BCUT2D eigenvalue weighted by Crippen LogP contribution is 2.25. The molecule has 0 aliphatic carbocycles. The number of rotatable bonds is 6. The Morgan fingerprint density at radius 3 is 2.04 bits per heavy atom. The number of nitrogens with zero attached hydrogens (tertiary/aromatic N) is 1. The summed E-state index contributed by atoms with van der Waals surface area (Å²) in [6.07, 6.45) is 0. The Bertz CT molecular complexity index is 894. The van der Waals surface area contributed by atoms with E-state index in [4.69, 9.17) is 0 Å². The molecule has 9 heteroatoms. The molecule has 2 aromatic carbocycles. The quantitative estimate of drug-likeness (QED) is 0.639. The Balaban J connectivity index is 2.47. The molecule has 2 rings (SSSR count). The van der Waals surface area contributed by atoms with Crippen molar-refractivity contribution in [1.29, 1.82) is 0 Å². The van der Waals surface area contributed by atoms with Gasteiger partial charge in [0.2, 0.25) is 0 Å². The molecule has 0 saturated carbocycles. The van der Waals surface area contributed by atoms with Crippen molar-refractivity contribution in [3.05, 3.63) is 58.6 Å². The molecule has 0 bridgehead atoms. The lowest BCUT2D eigenvalue weighted by Crippen LogP contribution is -2.36. The number of carbonyl (C=O) groups is 2. The third-order valence-corrected chi connectivity index (χ3v) is 5.80. The number of sulfonamides is 1. The Labute approximate surface area is 159 Å². The van der Waals surface area contributed by atoms with Gasteiger partial charge >= 0.3 is 11.9 Å². The van der Waals surface area contributed by atoms with Crippen molar-refractivity contribution >= 4 is 43.6 Å². The average molecular weight is 442 g/mol. The van der Waals surface area contributed by atoms with Gasteiger partial charge in [0.1, 0.15) is 6.54 Å². The predicted molar refractivity (Wildman–Crippen MR) is 98.5 cm³/mol. The first-order chi connectivity index (χ1) is 12.3. The van der Waals surface area contributed by atoms with Crippen LogP contribution in [0.25, 0.3) is 0 Å². The minimum Gasteiger partial charge on any atom is -0.468 e. The van der Waals surface area contributed by atoms with Gasteiger partial charge in [-0.3, -0.25) is 9.10 Å².